The molecule has 1 fully saturated rings. The second kappa shape index (κ2) is 16.1. The van der Waals surface area contributed by atoms with E-state index < -0.39 is 63.6 Å². The molecule has 3 aromatic heterocycles. The molecule has 2 aliphatic rings. The molecule has 290 valence electrons. The van der Waals surface area contributed by atoms with E-state index in [1.165, 1.54) is 37.3 Å². The summed E-state index contributed by atoms with van der Waals surface area (Å²) in [7, 11) is 0. The summed E-state index contributed by atoms with van der Waals surface area (Å²) in [5.74, 6) is -5.52. The van der Waals surface area contributed by atoms with Crippen molar-refractivity contribution in [2.75, 3.05) is 35.6 Å². The van der Waals surface area contributed by atoms with Gasteiger partial charge in [-0.25, -0.2) is 19.1 Å². The average molecular weight is 801 g/mol. The van der Waals surface area contributed by atoms with Gasteiger partial charge in [-0.15, -0.1) is 23.1 Å². The Balaban J connectivity index is 1.21. The van der Waals surface area contributed by atoms with Crippen molar-refractivity contribution in [1.82, 2.24) is 30.2 Å². The van der Waals surface area contributed by atoms with Gasteiger partial charge in [0.05, 0.1) is 6.20 Å². The number of nitrogens with one attached hydrogen (secondary N) is 3. The van der Waals surface area contributed by atoms with Crippen molar-refractivity contribution in [3.05, 3.63) is 75.2 Å². The standard InChI is InChI=1S/C31H33N11O11S2/c1-31(2,29(50)51)53-39-20(16-12-55-30(33)37-16)25(46)38-21-26(47)42-22(28(48)49)14(11-54-27(21)42)4-3-7-40-9-15(23(32)36-13-40)34-5-6-35-24(45)17-8-18(43)19(44)10-41(17)52/h3-4,8-10,12-13,21,27,32,34,52H,5-7,11H2,1-2H3,(H7,33,35,37,38,44,45,46,48,49,50,51)/p+1/b4-3+,39-20-/t21-,27?/m1/s1. The highest BCUT2D eigenvalue weighted by atomic mass is 32.2. The van der Waals surface area contributed by atoms with Gasteiger partial charge in [-0.2, -0.15) is 4.73 Å². The number of thioether (sulfide) groups is 1. The molecule has 5 rings (SSSR count). The number of nitrogens with zero attached hydrogens (tertiary/aromatic N) is 6. The van der Waals surface area contributed by atoms with E-state index in [1.54, 1.807) is 22.9 Å². The fraction of sp³-hybridized carbons (Fsp3) is 0.290. The van der Waals surface area contributed by atoms with Crippen molar-refractivity contribution in [3.8, 4) is 5.75 Å². The number of fused-ring (bicyclic) bond motifs is 1. The molecule has 3 amide bonds. The number of nitrogens with two attached hydrogens (primary N) is 2. The minimum Gasteiger partial charge on any atom is -0.503 e. The number of aliphatic carboxylic acids is 2. The lowest BCUT2D eigenvalue weighted by molar-refractivity contribution is -0.689. The maximum absolute atomic E-state index is 13.3. The number of β-lactam (4-membered cyclic amide) rings is 1. The zero-order chi connectivity index (χ0) is 40.2. The summed E-state index contributed by atoms with van der Waals surface area (Å²) >= 11 is 2.20. The highest BCUT2D eigenvalue weighted by molar-refractivity contribution is 8.00. The molecule has 5 heterocycles. The normalized spacial score (nSPS) is 17.0. The third-order valence-corrected chi connectivity index (χ3v) is 9.84. The molecule has 1 unspecified atom stereocenters. The van der Waals surface area contributed by atoms with E-state index in [4.69, 9.17) is 16.3 Å². The maximum atomic E-state index is 13.3. The maximum Gasteiger partial charge on any atom is 0.352 e. The van der Waals surface area contributed by atoms with Crippen molar-refractivity contribution < 1.29 is 53.9 Å². The zero-order valence-corrected chi connectivity index (χ0v) is 30.5. The van der Waals surface area contributed by atoms with Crippen LogP contribution in [0.3, 0.4) is 0 Å². The van der Waals surface area contributed by atoms with Crippen LogP contribution in [-0.4, -0.2) is 111 Å². The Bertz CT molecular complexity index is 2220. The number of allylic oxidation sites excluding steroid dienone is 2. The number of amides is 3. The minimum atomic E-state index is -1.81. The summed E-state index contributed by atoms with van der Waals surface area (Å²) in [5.41, 5.74) is 8.67. The first-order valence-electron chi connectivity index (χ1n) is 15.9. The predicted molar refractivity (Wildman–Crippen MR) is 194 cm³/mol. The second-order valence-corrected chi connectivity index (χ2v) is 14.2. The van der Waals surface area contributed by atoms with Crippen LogP contribution in [0.25, 0.3) is 0 Å². The van der Waals surface area contributed by atoms with Gasteiger partial charge in [0.15, 0.2) is 16.6 Å². The molecule has 22 nitrogen and oxygen atoms in total. The Morgan fingerprint density at radius 1 is 1.20 bits per heavy atom. The molecule has 24 heteroatoms. The number of pyridine rings is 1. The van der Waals surface area contributed by atoms with E-state index in [2.05, 4.69) is 31.1 Å². The number of aromatic hydroxyl groups is 1. The molecule has 0 aromatic carbocycles. The third-order valence-electron chi connectivity index (χ3n) is 7.87. The second-order valence-electron chi connectivity index (χ2n) is 12.2. The van der Waals surface area contributed by atoms with E-state index in [9.17, 15) is 49.3 Å². The summed E-state index contributed by atoms with van der Waals surface area (Å²) in [6.45, 7) is 2.85. The fourth-order valence-corrected chi connectivity index (χ4v) is 6.82. The first-order valence-corrected chi connectivity index (χ1v) is 17.8. The van der Waals surface area contributed by atoms with Crippen LogP contribution in [0.15, 0.2) is 63.5 Å². The number of hydrogen-bond donors (Lipinski definition) is 9. The van der Waals surface area contributed by atoms with Gasteiger partial charge in [0, 0.05) is 30.3 Å². The monoisotopic (exact) mass is 800 g/mol. The van der Waals surface area contributed by atoms with E-state index in [0.717, 1.165) is 22.3 Å². The van der Waals surface area contributed by atoms with Gasteiger partial charge in [0.25, 0.3) is 29.9 Å². The van der Waals surface area contributed by atoms with Crippen molar-refractivity contribution in [1.29, 1.82) is 0 Å². The van der Waals surface area contributed by atoms with Gasteiger partial charge in [-0.1, -0.05) is 11.2 Å². The predicted octanol–water partition coefficient (Wildman–Crippen LogP) is -1.48. The van der Waals surface area contributed by atoms with Gasteiger partial charge in [0.1, 0.15) is 46.9 Å². The van der Waals surface area contributed by atoms with E-state index in [1.807, 2.05) is 0 Å². The van der Waals surface area contributed by atoms with Crippen LogP contribution in [0.4, 0.5) is 16.6 Å². The van der Waals surface area contributed by atoms with Gasteiger partial charge in [-0.3, -0.25) is 24.1 Å². The van der Waals surface area contributed by atoms with Crippen molar-refractivity contribution in [2.45, 2.75) is 37.4 Å². The van der Waals surface area contributed by atoms with Crippen LogP contribution in [0, 0.1) is 0 Å². The number of aromatic nitrogens is 4. The van der Waals surface area contributed by atoms with Gasteiger partial charge in [0.2, 0.25) is 11.0 Å². The van der Waals surface area contributed by atoms with Crippen molar-refractivity contribution >= 4 is 75.1 Å². The number of oxime groups is 1. The molecule has 0 aliphatic carbocycles. The van der Waals surface area contributed by atoms with Gasteiger partial charge in [-0.05, 0) is 30.5 Å². The van der Waals surface area contributed by atoms with Crippen LogP contribution in [-0.2, 0) is 30.6 Å². The molecule has 0 bridgehead atoms. The Labute approximate surface area is 317 Å². The Morgan fingerprint density at radius 3 is 2.62 bits per heavy atom. The average Bonchev–Trinajstić information content (AvgIpc) is 3.56. The smallest absolute Gasteiger partial charge is 0.352 e. The first kappa shape index (κ1) is 39.5. The Kier molecular flexibility index (Phi) is 11.6. The van der Waals surface area contributed by atoms with Crippen molar-refractivity contribution in [3.63, 3.8) is 0 Å². The van der Waals surface area contributed by atoms with E-state index in [0.29, 0.717) is 22.2 Å². The molecule has 0 radical (unpaired) electrons. The number of thiazole rings is 1. The minimum absolute atomic E-state index is 0.0194. The SMILES string of the molecule is CC(C)(O/N=C(\C(=O)N[C@@H]1C(=O)N2C(C(=O)O)=C(/C=C/C[n+]3cnc(N)c(NCCNC(=O)c4cc(=O)c(O)cn4O)c3)CSC12)c1csc(N)n1)C(=O)O. The highest BCUT2D eigenvalue weighted by Gasteiger charge is 2.54. The molecule has 0 spiro atoms. The number of anilines is 3. The summed E-state index contributed by atoms with van der Waals surface area (Å²) in [6, 6.07) is -0.363. The fourth-order valence-electron chi connectivity index (χ4n) is 4.95. The van der Waals surface area contributed by atoms with Crippen LogP contribution in [0.1, 0.15) is 30.0 Å². The number of carbonyl (C=O) groups excluding carboxylic acids is 3. The van der Waals surface area contributed by atoms with Crippen LogP contribution in [0.5, 0.6) is 5.75 Å². The molecule has 55 heavy (non-hydrogen) atoms. The van der Waals surface area contributed by atoms with E-state index in [-0.39, 0.29) is 53.4 Å². The molecular formula is C31H34N11O11S2+. The summed E-state index contributed by atoms with van der Waals surface area (Å²) in [5, 5.41) is 51.1. The molecule has 0 saturated carbocycles. The first-order chi connectivity index (χ1) is 26.0. The lowest BCUT2D eigenvalue weighted by Crippen LogP contribution is -2.71. The van der Waals surface area contributed by atoms with Crippen LogP contribution < -0.4 is 37.4 Å². The number of nitrogen functional groups attached to an aromatic ring is 2. The van der Waals surface area contributed by atoms with Crippen LogP contribution in [0.2, 0.25) is 0 Å². The Hall–Kier alpha value is -6.69. The number of carbonyl (C=O) groups is 5. The molecule has 11 N–H and O–H groups in total. The van der Waals surface area contributed by atoms with Gasteiger partial charge < -0.3 is 52.8 Å². The number of carboxylic acid groups (broad SMARTS) is 2. The molecular weight excluding hydrogens is 767 g/mol. The van der Waals surface area contributed by atoms with E-state index >= 15 is 0 Å². The lowest BCUT2D eigenvalue weighted by Gasteiger charge is -2.49. The zero-order valence-electron chi connectivity index (χ0n) is 28.8. The number of carboxylic acids is 2. The lowest BCUT2D eigenvalue weighted by atomic mass is 10.0. The van der Waals surface area contributed by atoms with Crippen LogP contribution >= 0.6 is 23.1 Å². The summed E-state index contributed by atoms with van der Waals surface area (Å²) < 4.78 is 1.96. The number of rotatable bonds is 15. The van der Waals surface area contributed by atoms with Gasteiger partial charge >= 0.3 is 11.9 Å². The van der Waals surface area contributed by atoms with Crippen molar-refractivity contribution in [2.24, 2.45) is 5.16 Å². The molecule has 2 atom stereocenters. The highest BCUT2D eigenvalue weighted by Crippen LogP contribution is 2.40. The summed E-state index contributed by atoms with van der Waals surface area (Å²) in [6.07, 6.45) is 6.97. The summed E-state index contributed by atoms with van der Waals surface area (Å²) in [4.78, 5) is 88.8. The molecule has 1 saturated heterocycles. The number of hydrogen-bond acceptors (Lipinski definition) is 17. The quantitative estimate of drug-likeness (QED) is 0.0211. The topological polar surface area (TPSA) is 331 Å². The molecule has 2 aliphatic heterocycles. The molecule has 3 aromatic rings. The third kappa shape index (κ3) is 8.76. The Morgan fingerprint density at radius 2 is 1.95 bits per heavy atom. The largest absolute Gasteiger partial charge is 0.503 e.